The summed E-state index contributed by atoms with van der Waals surface area (Å²) in [7, 11) is 1.63. The number of pyridine rings is 2. The smallest absolute Gasteiger partial charge is 0.138 e. The molecule has 1 saturated heterocycles. The van der Waals surface area contributed by atoms with Crippen molar-refractivity contribution in [1.29, 1.82) is 0 Å². The molecule has 0 saturated carbocycles. The molecule has 36 heavy (non-hydrogen) atoms. The molecule has 0 aliphatic carbocycles. The Morgan fingerprint density at radius 1 is 0.944 bits per heavy atom. The van der Waals surface area contributed by atoms with Crippen LogP contribution in [0.4, 0.5) is 0 Å². The zero-order valence-electron chi connectivity index (χ0n) is 21.1. The summed E-state index contributed by atoms with van der Waals surface area (Å²) in [6, 6.07) is 13.0. The Labute approximate surface area is 217 Å². The zero-order valence-corrected chi connectivity index (χ0v) is 21.9. The van der Waals surface area contributed by atoms with Crippen molar-refractivity contribution in [2.75, 3.05) is 20.3 Å². The molecule has 5 rings (SSSR count). The van der Waals surface area contributed by atoms with Gasteiger partial charge in [0, 0.05) is 40.5 Å². The van der Waals surface area contributed by atoms with E-state index in [0.717, 1.165) is 51.9 Å². The van der Waals surface area contributed by atoms with Gasteiger partial charge in [-0.2, -0.15) is 0 Å². The predicted octanol–water partition coefficient (Wildman–Crippen LogP) is 7.15. The predicted molar refractivity (Wildman–Crippen MR) is 147 cm³/mol. The van der Waals surface area contributed by atoms with Gasteiger partial charge in [0.1, 0.15) is 11.5 Å². The molecule has 4 aromatic rings. The van der Waals surface area contributed by atoms with Crippen LogP contribution in [0.15, 0.2) is 55.0 Å². The van der Waals surface area contributed by atoms with Crippen LogP contribution in [0, 0.1) is 13.8 Å². The fraction of sp³-hybridized carbons (Fsp3) is 0.333. The highest BCUT2D eigenvalue weighted by molar-refractivity contribution is 6.34. The molecule has 1 aliphatic heterocycles. The van der Waals surface area contributed by atoms with Crippen LogP contribution in [0.5, 0.6) is 11.5 Å². The average molecular weight is 502 g/mol. The molecular formula is C30H32ClN3O2. The number of piperidine rings is 1. The monoisotopic (exact) mass is 501 g/mol. The SMILES string of the molecule is COc1cncc(-c2cc3c(OCCC4CCCCN4)c(-c4cc(C)cc(C)c4)cnc3cc2Cl)c1. The van der Waals surface area contributed by atoms with Crippen LogP contribution < -0.4 is 14.8 Å². The summed E-state index contributed by atoms with van der Waals surface area (Å²) < 4.78 is 12.0. The molecule has 0 radical (unpaired) electrons. The van der Waals surface area contributed by atoms with Crippen LogP contribution in [-0.4, -0.2) is 36.3 Å². The molecule has 1 unspecified atom stereocenters. The van der Waals surface area contributed by atoms with Gasteiger partial charge in [0.2, 0.25) is 0 Å². The summed E-state index contributed by atoms with van der Waals surface area (Å²) in [5.74, 6) is 1.52. The van der Waals surface area contributed by atoms with E-state index in [9.17, 15) is 0 Å². The molecule has 6 heteroatoms. The van der Waals surface area contributed by atoms with Crippen molar-refractivity contribution in [3.05, 3.63) is 71.1 Å². The van der Waals surface area contributed by atoms with E-state index in [0.29, 0.717) is 23.4 Å². The van der Waals surface area contributed by atoms with E-state index in [4.69, 9.17) is 26.1 Å². The molecule has 0 bridgehead atoms. The van der Waals surface area contributed by atoms with E-state index in [1.54, 1.807) is 19.5 Å². The highest BCUT2D eigenvalue weighted by atomic mass is 35.5. The molecule has 0 spiro atoms. The van der Waals surface area contributed by atoms with Crippen molar-refractivity contribution in [3.8, 4) is 33.8 Å². The summed E-state index contributed by atoms with van der Waals surface area (Å²) >= 11 is 6.73. The highest BCUT2D eigenvalue weighted by Gasteiger charge is 2.18. The Hall–Kier alpha value is -3.15. The first-order chi connectivity index (χ1) is 17.5. The first kappa shape index (κ1) is 24.5. The second-order valence-electron chi connectivity index (χ2n) is 9.62. The van der Waals surface area contributed by atoms with Crippen LogP contribution in [0.3, 0.4) is 0 Å². The Morgan fingerprint density at radius 3 is 2.53 bits per heavy atom. The summed E-state index contributed by atoms with van der Waals surface area (Å²) in [6.07, 6.45) is 10.1. The quantitative estimate of drug-likeness (QED) is 0.291. The summed E-state index contributed by atoms with van der Waals surface area (Å²) in [4.78, 5) is 9.11. The van der Waals surface area contributed by atoms with Crippen molar-refractivity contribution in [1.82, 2.24) is 15.3 Å². The van der Waals surface area contributed by atoms with Gasteiger partial charge in [-0.15, -0.1) is 0 Å². The lowest BCUT2D eigenvalue weighted by Crippen LogP contribution is -2.35. The van der Waals surface area contributed by atoms with Gasteiger partial charge in [-0.3, -0.25) is 9.97 Å². The Bertz CT molecular complexity index is 1360. The van der Waals surface area contributed by atoms with Crippen LogP contribution in [0.1, 0.15) is 36.8 Å². The number of fused-ring (bicyclic) bond motifs is 1. The molecule has 1 aliphatic rings. The number of benzene rings is 2. The average Bonchev–Trinajstić information content (AvgIpc) is 2.88. The van der Waals surface area contributed by atoms with Gasteiger partial charge in [-0.05, 0) is 63.4 Å². The third kappa shape index (κ3) is 5.32. The fourth-order valence-corrected chi connectivity index (χ4v) is 5.32. The fourth-order valence-electron chi connectivity index (χ4n) is 5.05. The maximum Gasteiger partial charge on any atom is 0.138 e. The number of hydrogen-bond donors (Lipinski definition) is 1. The first-order valence-electron chi connectivity index (χ1n) is 12.6. The van der Waals surface area contributed by atoms with E-state index in [-0.39, 0.29) is 0 Å². The standard InChI is InChI=1S/C30H32ClN3O2/c1-19-10-20(2)12-21(11-19)27-18-34-29-15-28(31)25(22-13-24(35-3)17-32-16-22)14-26(29)30(27)36-9-7-23-6-4-5-8-33-23/h10-18,23,33H,4-9H2,1-3H3. The van der Waals surface area contributed by atoms with Gasteiger partial charge in [0.25, 0.3) is 0 Å². The molecule has 186 valence electrons. The van der Waals surface area contributed by atoms with Gasteiger partial charge in [0.15, 0.2) is 0 Å². The third-order valence-corrected chi connectivity index (χ3v) is 7.14. The number of hydrogen-bond acceptors (Lipinski definition) is 5. The molecular weight excluding hydrogens is 470 g/mol. The van der Waals surface area contributed by atoms with E-state index >= 15 is 0 Å². The second kappa shape index (κ2) is 10.9. The number of nitrogens with one attached hydrogen (secondary N) is 1. The molecule has 1 fully saturated rings. The van der Waals surface area contributed by atoms with Gasteiger partial charge >= 0.3 is 0 Å². The van der Waals surface area contributed by atoms with E-state index in [2.05, 4.69) is 48.4 Å². The molecule has 0 amide bonds. The minimum absolute atomic E-state index is 0.504. The van der Waals surface area contributed by atoms with Crippen LogP contribution >= 0.6 is 11.6 Å². The number of ether oxygens (including phenoxy) is 2. The molecule has 2 aromatic carbocycles. The lowest BCUT2D eigenvalue weighted by molar-refractivity contribution is 0.271. The highest BCUT2D eigenvalue weighted by Crippen LogP contribution is 2.41. The van der Waals surface area contributed by atoms with Crippen molar-refractivity contribution in [3.63, 3.8) is 0 Å². The van der Waals surface area contributed by atoms with Crippen LogP contribution in [-0.2, 0) is 0 Å². The van der Waals surface area contributed by atoms with Crippen molar-refractivity contribution in [2.45, 2.75) is 45.6 Å². The molecule has 1 atom stereocenters. The third-order valence-electron chi connectivity index (χ3n) is 6.83. The lowest BCUT2D eigenvalue weighted by atomic mass is 9.98. The maximum atomic E-state index is 6.73. The normalized spacial score (nSPS) is 15.7. The van der Waals surface area contributed by atoms with Crippen molar-refractivity contribution >= 4 is 22.5 Å². The summed E-state index contributed by atoms with van der Waals surface area (Å²) in [5.41, 5.74) is 7.07. The molecule has 3 heterocycles. The number of halogens is 1. The van der Waals surface area contributed by atoms with Gasteiger partial charge in [-0.1, -0.05) is 47.3 Å². The topological polar surface area (TPSA) is 56.3 Å². The Kier molecular flexibility index (Phi) is 7.40. The van der Waals surface area contributed by atoms with E-state index < -0.39 is 0 Å². The zero-order chi connectivity index (χ0) is 25.1. The minimum Gasteiger partial charge on any atom is -0.495 e. The van der Waals surface area contributed by atoms with E-state index in [1.807, 2.05) is 18.3 Å². The number of methoxy groups -OCH3 is 1. The number of aryl methyl sites for hydroxylation is 2. The largest absolute Gasteiger partial charge is 0.495 e. The summed E-state index contributed by atoms with van der Waals surface area (Å²) in [6.45, 7) is 5.96. The second-order valence-corrected chi connectivity index (χ2v) is 10.0. The number of nitrogens with zero attached hydrogens (tertiary/aromatic N) is 2. The van der Waals surface area contributed by atoms with Crippen molar-refractivity contribution < 1.29 is 9.47 Å². The van der Waals surface area contributed by atoms with E-state index in [1.165, 1.54) is 30.4 Å². The van der Waals surface area contributed by atoms with Gasteiger partial charge in [-0.25, -0.2) is 0 Å². The molecule has 5 nitrogen and oxygen atoms in total. The Morgan fingerprint density at radius 2 is 1.78 bits per heavy atom. The van der Waals surface area contributed by atoms with Gasteiger partial charge in [0.05, 0.1) is 30.5 Å². The number of rotatable bonds is 7. The van der Waals surface area contributed by atoms with Gasteiger partial charge < -0.3 is 14.8 Å². The summed E-state index contributed by atoms with van der Waals surface area (Å²) in [5, 5.41) is 5.17. The first-order valence-corrected chi connectivity index (χ1v) is 13.0. The number of aromatic nitrogens is 2. The van der Waals surface area contributed by atoms with Crippen LogP contribution in [0.2, 0.25) is 5.02 Å². The van der Waals surface area contributed by atoms with Crippen LogP contribution in [0.25, 0.3) is 33.2 Å². The Balaban J connectivity index is 1.61. The lowest BCUT2D eigenvalue weighted by Gasteiger charge is -2.24. The maximum absolute atomic E-state index is 6.73. The van der Waals surface area contributed by atoms with Crippen molar-refractivity contribution in [2.24, 2.45) is 0 Å². The molecule has 2 aromatic heterocycles. The molecule has 1 N–H and O–H groups in total. The minimum atomic E-state index is 0.504.